The number of likely N-dealkylation sites (N-methyl/N-ethyl adjacent to an activating group) is 1. The molecule has 0 saturated heterocycles. The first kappa shape index (κ1) is 29.2. The van der Waals surface area contributed by atoms with Gasteiger partial charge in [-0.05, 0) is 38.9 Å². The Hall–Kier alpha value is -3.77. The lowest BCUT2D eigenvalue weighted by molar-refractivity contribution is -0.153. The Morgan fingerprint density at radius 1 is 1.15 bits per heavy atom. The number of Topliss-reactive ketones (excluding diaryl/α,β-unsaturated/α-hetero) is 2. The Kier molecular flexibility index (Phi) is 6.87. The van der Waals surface area contributed by atoms with Gasteiger partial charge in [0.25, 0.3) is 5.91 Å². The van der Waals surface area contributed by atoms with Crippen LogP contribution in [0.2, 0.25) is 0 Å². The molecule has 1 aromatic carbocycles. The molecule has 1 aromatic rings. The van der Waals surface area contributed by atoms with E-state index in [1.165, 1.54) is 30.9 Å². The van der Waals surface area contributed by atoms with Crippen molar-refractivity contribution in [3.63, 3.8) is 0 Å². The zero-order valence-electron chi connectivity index (χ0n) is 23.2. The second-order valence-corrected chi connectivity index (χ2v) is 12.1. The monoisotopic (exact) mass is 559 g/mol. The third-order valence-corrected chi connectivity index (χ3v) is 8.12. The number of rotatable bonds is 4. The molecule has 3 aliphatic carbocycles. The molecule has 2 amide bonds. The van der Waals surface area contributed by atoms with Crippen LogP contribution in [0.15, 0.2) is 23.0 Å². The minimum absolute atomic E-state index is 0.00284. The van der Waals surface area contributed by atoms with Crippen molar-refractivity contribution in [2.24, 2.45) is 23.0 Å². The van der Waals surface area contributed by atoms with Crippen molar-refractivity contribution < 1.29 is 44.0 Å². The van der Waals surface area contributed by atoms with Gasteiger partial charge in [-0.3, -0.25) is 24.1 Å². The molecule has 216 valence electrons. The SMILES string of the molecule is CN(Cc1cc(O)c2c(c1F)C[C@H]1C[C@H]3[C@H](N(C)C)C(=O)C(C(N)=O)=C(O)[C@@]3(O)C(=O)C1=C2O)C(=O)C(C)(C)C. The summed E-state index contributed by atoms with van der Waals surface area (Å²) < 4.78 is 15.9. The van der Waals surface area contributed by atoms with Gasteiger partial charge in [-0.25, -0.2) is 4.39 Å². The summed E-state index contributed by atoms with van der Waals surface area (Å²) in [7, 11) is 4.49. The van der Waals surface area contributed by atoms with E-state index in [4.69, 9.17) is 5.73 Å². The number of carbonyl (C=O) groups excluding carboxylic acids is 4. The molecule has 0 radical (unpaired) electrons. The number of hydrogen-bond acceptors (Lipinski definition) is 9. The van der Waals surface area contributed by atoms with E-state index in [2.05, 4.69) is 0 Å². The molecule has 0 unspecified atom stereocenters. The van der Waals surface area contributed by atoms with Crippen molar-refractivity contribution in [1.82, 2.24) is 9.80 Å². The Morgan fingerprint density at radius 2 is 1.75 bits per heavy atom. The van der Waals surface area contributed by atoms with E-state index >= 15 is 4.39 Å². The van der Waals surface area contributed by atoms with Crippen molar-refractivity contribution in [2.45, 2.75) is 51.8 Å². The summed E-state index contributed by atoms with van der Waals surface area (Å²) >= 11 is 0. The number of amides is 2. The second kappa shape index (κ2) is 9.41. The van der Waals surface area contributed by atoms with Crippen molar-refractivity contribution in [1.29, 1.82) is 0 Å². The maximum absolute atomic E-state index is 15.9. The lowest BCUT2D eigenvalue weighted by Crippen LogP contribution is -2.65. The fourth-order valence-electron chi connectivity index (χ4n) is 6.36. The van der Waals surface area contributed by atoms with Crippen LogP contribution >= 0.6 is 0 Å². The van der Waals surface area contributed by atoms with Crippen LogP contribution in [0.5, 0.6) is 5.75 Å². The van der Waals surface area contributed by atoms with E-state index in [0.29, 0.717) is 0 Å². The number of fused-ring (bicyclic) bond motifs is 3. The highest BCUT2D eigenvalue weighted by molar-refractivity contribution is 6.24. The number of aliphatic hydroxyl groups excluding tert-OH is 2. The van der Waals surface area contributed by atoms with Crippen LogP contribution in [-0.2, 0) is 32.1 Å². The lowest BCUT2D eigenvalue weighted by Gasteiger charge is -2.50. The quantitative estimate of drug-likeness (QED) is 0.338. The fourth-order valence-corrected chi connectivity index (χ4v) is 6.36. The van der Waals surface area contributed by atoms with Crippen LogP contribution in [0.4, 0.5) is 4.39 Å². The number of phenolic OH excluding ortho intramolecular Hbond substituents is 1. The number of aromatic hydroxyl groups is 1. The van der Waals surface area contributed by atoms with Crippen LogP contribution < -0.4 is 5.73 Å². The molecule has 0 aromatic heterocycles. The van der Waals surface area contributed by atoms with Gasteiger partial charge in [-0.2, -0.15) is 0 Å². The number of benzene rings is 1. The van der Waals surface area contributed by atoms with Gasteiger partial charge in [0.05, 0.1) is 11.6 Å². The number of ketones is 2. The Morgan fingerprint density at radius 3 is 2.27 bits per heavy atom. The molecule has 40 heavy (non-hydrogen) atoms. The smallest absolute Gasteiger partial charge is 0.255 e. The maximum Gasteiger partial charge on any atom is 0.255 e. The van der Waals surface area contributed by atoms with Crippen LogP contribution in [0.25, 0.3) is 5.76 Å². The van der Waals surface area contributed by atoms with Gasteiger partial charge in [0.2, 0.25) is 11.7 Å². The Labute approximate surface area is 230 Å². The van der Waals surface area contributed by atoms with Gasteiger partial charge in [0.1, 0.15) is 28.7 Å². The minimum Gasteiger partial charge on any atom is -0.508 e. The average Bonchev–Trinajstić information content (AvgIpc) is 2.82. The number of nitrogens with zero attached hydrogens (tertiary/aromatic N) is 2. The summed E-state index contributed by atoms with van der Waals surface area (Å²) in [4.78, 5) is 54.3. The summed E-state index contributed by atoms with van der Waals surface area (Å²) in [5.41, 5.74) is 0.0992. The van der Waals surface area contributed by atoms with E-state index in [-0.39, 0.29) is 47.6 Å². The van der Waals surface area contributed by atoms with E-state index in [9.17, 15) is 39.6 Å². The third kappa shape index (κ3) is 4.08. The Balaban J connectivity index is 1.87. The third-order valence-electron chi connectivity index (χ3n) is 8.12. The zero-order valence-corrected chi connectivity index (χ0v) is 23.2. The number of nitrogens with two attached hydrogens (primary N) is 1. The highest BCUT2D eigenvalue weighted by atomic mass is 19.1. The normalized spacial score (nSPS) is 26.5. The van der Waals surface area contributed by atoms with Crippen molar-refractivity contribution in [3.8, 4) is 5.75 Å². The predicted molar refractivity (Wildman–Crippen MR) is 140 cm³/mol. The molecule has 3 aliphatic rings. The first-order valence-corrected chi connectivity index (χ1v) is 12.8. The Bertz CT molecular complexity index is 1420. The first-order chi connectivity index (χ1) is 18.3. The number of phenols is 1. The van der Waals surface area contributed by atoms with Gasteiger partial charge in [0, 0.05) is 41.6 Å². The number of carbonyl (C=O) groups is 4. The molecule has 0 spiro atoms. The van der Waals surface area contributed by atoms with E-state index in [0.717, 1.165) is 6.07 Å². The molecule has 0 heterocycles. The standard InChI is InChI=1S/C28H34FN3O8/c1-27(2,3)26(39)32(6)10-12-9-15(33)17-13(19(12)29)7-11-8-14-20(31(4)5)22(35)18(25(30)38)24(37)28(14,40)23(36)16(11)21(17)34/h9,11,14,20,33-34,37,40H,7-8,10H2,1-6H3,(H2,30,38)/t11-,14-,20-,28-/m0/s1. The highest BCUT2D eigenvalue weighted by Crippen LogP contribution is 2.53. The molecule has 4 rings (SSSR count). The molecule has 0 aliphatic heterocycles. The summed E-state index contributed by atoms with van der Waals surface area (Å²) in [6.45, 7) is 4.98. The maximum atomic E-state index is 15.9. The highest BCUT2D eigenvalue weighted by Gasteiger charge is 2.64. The molecule has 1 saturated carbocycles. The largest absolute Gasteiger partial charge is 0.508 e. The molecular formula is C28H34FN3O8. The van der Waals surface area contributed by atoms with Gasteiger partial charge in [-0.1, -0.05) is 20.8 Å². The van der Waals surface area contributed by atoms with Gasteiger partial charge in [-0.15, -0.1) is 0 Å². The average molecular weight is 560 g/mol. The number of hydrogen-bond donors (Lipinski definition) is 5. The van der Waals surface area contributed by atoms with Gasteiger partial charge >= 0.3 is 0 Å². The topological polar surface area (TPSA) is 182 Å². The predicted octanol–water partition coefficient (Wildman–Crippen LogP) is 1.11. The lowest BCUT2D eigenvalue weighted by atomic mass is 9.57. The van der Waals surface area contributed by atoms with E-state index < -0.39 is 75.0 Å². The zero-order chi connectivity index (χ0) is 30.2. The van der Waals surface area contributed by atoms with Crippen molar-refractivity contribution in [3.05, 3.63) is 45.5 Å². The molecule has 12 heteroatoms. The molecule has 0 bridgehead atoms. The molecule has 11 nitrogen and oxygen atoms in total. The van der Waals surface area contributed by atoms with E-state index in [1.54, 1.807) is 20.8 Å². The number of primary amides is 1. The van der Waals surface area contributed by atoms with Crippen LogP contribution in [0.1, 0.15) is 43.9 Å². The molecule has 1 fully saturated rings. The van der Waals surface area contributed by atoms with Crippen LogP contribution in [0, 0.1) is 23.1 Å². The van der Waals surface area contributed by atoms with Crippen molar-refractivity contribution >= 4 is 29.1 Å². The van der Waals surface area contributed by atoms with Gasteiger partial charge in [0.15, 0.2) is 11.4 Å². The molecule has 6 N–H and O–H groups in total. The minimum atomic E-state index is -2.77. The number of halogens is 1. The summed E-state index contributed by atoms with van der Waals surface area (Å²) in [5, 5.41) is 44.5. The summed E-state index contributed by atoms with van der Waals surface area (Å²) in [6.07, 6.45) is -0.336. The summed E-state index contributed by atoms with van der Waals surface area (Å²) in [5.74, 6) is -9.09. The van der Waals surface area contributed by atoms with E-state index in [1.807, 2.05) is 0 Å². The molecule has 4 atom stereocenters. The van der Waals surface area contributed by atoms with Gasteiger partial charge < -0.3 is 31.1 Å². The molecular weight excluding hydrogens is 525 g/mol. The first-order valence-electron chi connectivity index (χ1n) is 12.8. The van der Waals surface area contributed by atoms with Crippen LogP contribution in [-0.4, -0.2) is 86.4 Å². The van der Waals surface area contributed by atoms with Crippen molar-refractivity contribution in [2.75, 3.05) is 21.1 Å². The fraction of sp³-hybridized carbons (Fsp3) is 0.500. The van der Waals surface area contributed by atoms with Crippen LogP contribution in [0.3, 0.4) is 0 Å². The number of aliphatic hydroxyl groups is 3. The second-order valence-electron chi connectivity index (χ2n) is 12.1. The summed E-state index contributed by atoms with van der Waals surface area (Å²) in [6, 6.07) is -0.175.